The van der Waals surface area contributed by atoms with Gasteiger partial charge in [-0.15, -0.1) is 0 Å². The van der Waals surface area contributed by atoms with Crippen LogP contribution < -0.4 is 15.4 Å². The number of aryl methyl sites for hydroxylation is 1. The Labute approximate surface area is 206 Å². The van der Waals surface area contributed by atoms with Crippen LogP contribution >= 0.6 is 0 Å². The van der Waals surface area contributed by atoms with Gasteiger partial charge >= 0.3 is 0 Å². The van der Waals surface area contributed by atoms with Gasteiger partial charge in [0.05, 0.1) is 23.5 Å². The zero-order chi connectivity index (χ0) is 25.0. The van der Waals surface area contributed by atoms with Gasteiger partial charge in [-0.1, -0.05) is 48.5 Å². The van der Waals surface area contributed by atoms with Crippen molar-refractivity contribution in [2.45, 2.75) is 18.9 Å². The minimum atomic E-state index is -1.55. The number of anilines is 1. The van der Waals surface area contributed by atoms with Gasteiger partial charge < -0.3 is 15.4 Å². The van der Waals surface area contributed by atoms with E-state index in [9.17, 15) is 14.4 Å². The molecule has 0 saturated carbocycles. The maximum Gasteiger partial charge on any atom is 0.248 e. The molecule has 0 saturated heterocycles. The van der Waals surface area contributed by atoms with Crippen LogP contribution in [0.25, 0.3) is 5.69 Å². The second-order valence-corrected chi connectivity index (χ2v) is 8.75. The standard InChI is InChI=1S/C28H20FN5O2/c1-17-24-26(34(32-17)20-10-3-2-4-11-20)36-25(31)22(15-30)28(24)21-12-5-6-13-23(21)33(27(28)35)16-18-8-7-9-19(29)14-18/h2-14H,16,31H2,1H3/t28-/m1/s1. The number of carbonyl (C=O) groups is 1. The van der Waals surface area contributed by atoms with Crippen LogP contribution in [0.4, 0.5) is 10.1 Å². The lowest BCUT2D eigenvalue weighted by Gasteiger charge is -2.33. The summed E-state index contributed by atoms with van der Waals surface area (Å²) < 4.78 is 21.5. The summed E-state index contributed by atoms with van der Waals surface area (Å²) in [7, 11) is 0. The molecule has 2 aliphatic rings. The quantitative estimate of drug-likeness (QED) is 0.476. The molecular formula is C28H20FN5O2. The molecule has 6 rings (SSSR count). The Bertz CT molecular complexity index is 1620. The molecule has 1 spiro atoms. The van der Waals surface area contributed by atoms with Gasteiger partial charge in [0.2, 0.25) is 17.7 Å². The van der Waals surface area contributed by atoms with Crippen LogP contribution in [0.5, 0.6) is 5.88 Å². The normalized spacial score (nSPS) is 18.1. The summed E-state index contributed by atoms with van der Waals surface area (Å²) in [5.41, 5.74) is 8.35. The highest BCUT2D eigenvalue weighted by Gasteiger charge is 2.61. The van der Waals surface area contributed by atoms with Crippen molar-refractivity contribution in [1.29, 1.82) is 5.26 Å². The van der Waals surface area contributed by atoms with E-state index in [0.29, 0.717) is 28.1 Å². The van der Waals surface area contributed by atoms with Gasteiger partial charge in [-0.3, -0.25) is 4.79 Å². The molecule has 0 aliphatic carbocycles. The average Bonchev–Trinajstić information content (AvgIpc) is 3.33. The molecule has 0 radical (unpaired) electrons. The molecule has 0 bridgehead atoms. The van der Waals surface area contributed by atoms with E-state index in [2.05, 4.69) is 6.07 Å². The number of benzene rings is 3. The van der Waals surface area contributed by atoms with Crippen molar-refractivity contribution in [3.63, 3.8) is 0 Å². The predicted molar refractivity (Wildman–Crippen MR) is 131 cm³/mol. The smallest absolute Gasteiger partial charge is 0.248 e. The summed E-state index contributed by atoms with van der Waals surface area (Å²) in [5.74, 6) is -0.631. The Hall–Kier alpha value is -4.90. The van der Waals surface area contributed by atoms with E-state index in [1.165, 1.54) is 12.1 Å². The zero-order valence-corrected chi connectivity index (χ0v) is 19.3. The van der Waals surface area contributed by atoms with Crippen molar-refractivity contribution >= 4 is 11.6 Å². The van der Waals surface area contributed by atoms with Crippen molar-refractivity contribution in [2.75, 3.05) is 4.90 Å². The number of nitrogens with zero attached hydrogens (tertiary/aromatic N) is 4. The van der Waals surface area contributed by atoms with E-state index in [1.807, 2.05) is 54.6 Å². The number of hydrogen-bond acceptors (Lipinski definition) is 5. The number of amides is 1. The maximum atomic E-state index is 14.5. The Morgan fingerprint density at radius 3 is 2.58 bits per heavy atom. The second-order valence-electron chi connectivity index (χ2n) is 8.75. The minimum Gasteiger partial charge on any atom is -0.422 e. The third-order valence-corrected chi connectivity index (χ3v) is 6.73. The predicted octanol–water partition coefficient (Wildman–Crippen LogP) is 4.24. The van der Waals surface area contributed by atoms with Gasteiger partial charge in [0, 0.05) is 11.3 Å². The first kappa shape index (κ1) is 21.6. The molecule has 3 aromatic carbocycles. The monoisotopic (exact) mass is 477 g/mol. The lowest BCUT2D eigenvalue weighted by molar-refractivity contribution is -0.121. The molecule has 1 atom stereocenters. The first-order valence-corrected chi connectivity index (χ1v) is 11.4. The summed E-state index contributed by atoms with van der Waals surface area (Å²) >= 11 is 0. The SMILES string of the molecule is Cc1nn(-c2ccccc2)c2c1[C@]1(C(=O)N(Cc3cccc(F)c3)c3ccccc31)C(C#N)=C(N)O2. The largest absolute Gasteiger partial charge is 0.422 e. The van der Waals surface area contributed by atoms with Crippen LogP contribution in [0.3, 0.4) is 0 Å². The van der Waals surface area contributed by atoms with Crippen LogP contribution in [0, 0.1) is 24.1 Å². The Morgan fingerprint density at radius 2 is 1.83 bits per heavy atom. The summed E-state index contributed by atoms with van der Waals surface area (Å²) in [6.45, 7) is 1.90. The van der Waals surface area contributed by atoms with E-state index in [-0.39, 0.29) is 29.8 Å². The molecular weight excluding hydrogens is 457 g/mol. The van der Waals surface area contributed by atoms with Crippen LogP contribution in [0.2, 0.25) is 0 Å². The Kier molecular flexibility index (Phi) is 4.70. The highest BCUT2D eigenvalue weighted by Crippen LogP contribution is 2.56. The molecule has 2 N–H and O–H groups in total. The summed E-state index contributed by atoms with van der Waals surface area (Å²) in [6.07, 6.45) is 0. The van der Waals surface area contributed by atoms with Crippen LogP contribution in [-0.2, 0) is 16.8 Å². The number of rotatable bonds is 3. The van der Waals surface area contributed by atoms with Crippen molar-refractivity contribution in [3.05, 3.63) is 119 Å². The van der Waals surface area contributed by atoms with Gasteiger partial charge in [-0.25, -0.2) is 9.07 Å². The van der Waals surface area contributed by atoms with Gasteiger partial charge in [0.1, 0.15) is 22.9 Å². The maximum absolute atomic E-state index is 14.5. The Balaban J connectivity index is 1.63. The number of hydrogen-bond donors (Lipinski definition) is 1. The zero-order valence-electron chi connectivity index (χ0n) is 19.3. The third-order valence-electron chi connectivity index (χ3n) is 6.73. The molecule has 0 unspecified atom stereocenters. The summed E-state index contributed by atoms with van der Waals surface area (Å²) in [5, 5.41) is 15.0. The van der Waals surface area contributed by atoms with Gasteiger partial charge in [0.15, 0.2) is 0 Å². The highest BCUT2D eigenvalue weighted by molar-refractivity contribution is 6.14. The van der Waals surface area contributed by atoms with Gasteiger partial charge in [0.25, 0.3) is 0 Å². The topological polar surface area (TPSA) is 97.2 Å². The van der Waals surface area contributed by atoms with Crippen LogP contribution in [-0.4, -0.2) is 15.7 Å². The number of aromatic nitrogens is 2. The second kappa shape index (κ2) is 7.82. The molecule has 4 aromatic rings. The number of halogens is 1. The molecule has 176 valence electrons. The van der Waals surface area contributed by atoms with Gasteiger partial charge in [-0.05, 0) is 42.8 Å². The summed E-state index contributed by atoms with van der Waals surface area (Å²) in [4.78, 5) is 16.1. The number of nitrogens with two attached hydrogens (primary N) is 1. The van der Waals surface area contributed by atoms with Crippen molar-refractivity contribution in [1.82, 2.24) is 9.78 Å². The molecule has 3 heterocycles. The summed E-state index contributed by atoms with van der Waals surface area (Å²) in [6, 6.07) is 24.9. The fourth-order valence-electron chi connectivity index (χ4n) is 5.29. The number of fused-ring (bicyclic) bond motifs is 4. The lowest BCUT2D eigenvalue weighted by Crippen LogP contribution is -2.46. The number of para-hydroxylation sites is 2. The van der Waals surface area contributed by atoms with E-state index >= 15 is 0 Å². The van der Waals surface area contributed by atoms with E-state index in [1.54, 1.807) is 28.6 Å². The molecule has 8 heteroatoms. The fourth-order valence-corrected chi connectivity index (χ4v) is 5.29. The molecule has 2 aliphatic heterocycles. The molecule has 0 fully saturated rings. The number of ether oxygens (including phenoxy) is 1. The van der Waals surface area contributed by atoms with Crippen molar-refractivity contribution in [3.8, 4) is 17.6 Å². The van der Waals surface area contributed by atoms with E-state index < -0.39 is 11.2 Å². The molecule has 7 nitrogen and oxygen atoms in total. The molecule has 36 heavy (non-hydrogen) atoms. The number of nitriles is 1. The third kappa shape index (κ3) is 2.83. The Morgan fingerprint density at radius 1 is 1.08 bits per heavy atom. The van der Waals surface area contributed by atoms with Crippen molar-refractivity contribution in [2.24, 2.45) is 5.73 Å². The highest BCUT2D eigenvalue weighted by atomic mass is 19.1. The first-order valence-electron chi connectivity index (χ1n) is 11.4. The lowest BCUT2D eigenvalue weighted by atomic mass is 9.69. The number of carbonyl (C=O) groups excluding carboxylic acids is 1. The molecule has 1 aromatic heterocycles. The molecule has 1 amide bonds. The first-order chi connectivity index (χ1) is 17.5. The minimum absolute atomic E-state index is 0.00454. The van der Waals surface area contributed by atoms with E-state index in [4.69, 9.17) is 15.6 Å². The van der Waals surface area contributed by atoms with E-state index in [0.717, 1.165) is 5.69 Å². The fraction of sp³-hybridized carbons (Fsp3) is 0.107. The van der Waals surface area contributed by atoms with Gasteiger partial charge in [-0.2, -0.15) is 10.4 Å². The van der Waals surface area contributed by atoms with Crippen molar-refractivity contribution < 1.29 is 13.9 Å². The van der Waals surface area contributed by atoms with Crippen LogP contribution in [0.15, 0.2) is 90.3 Å². The average molecular weight is 477 g/mol. The van der Waals surface area contributed by atoms with Crippen LogP contribution in [0.1, 0.15) is 22.4 Å².